The van der Waals surface area contributed by atoms with Crippen LogP contribution in [0.3, 0.4) is 0 Å². The number of likely N-dealkylation sites (N-methyl/N-ethyl adjacent to an activating group) is 1. The van der Waals surface area contributed by atoms with Crippen LogP contribution >= 0.6 is 46.1 Å². The number of thiophene rings is 1. The zero-order valence-electron chi connectivity index (χ0n) is 11.8. The number of nitrogens with zero attached hydrogens (tertiary/aromatic N) is 4. The molecule has 0 bridgehead atoms. The third-order valence-electron chi connectivity index (χ3n) is 3.59. The molecule has 0 aromatic carbocycles. The molecule has 0 unspecified atom stereocenters. The maximum Gasteiger partial charge on any atom is 0.227 e. The van der Waals surface area contributed by atoms with Gasteiger partial charge in [-0.1, -0.05) is 34.8 Å². The van der Waals surface area contributed by atoms with Crippen molar-refractivity contribution in [2.75, 3.05) is 43.9 Å². The Morgan fingerprint density at radius 3 is 2.36 bits per heavy atom. The van der Waals surface area contributed by atoms with Crippen LogP contribution in [-0.2, 0) is 0 Å². The Kier molecular flexibility index (Phi) is 4.66. The highest BCUT2D eigenvalue weighted by molar-refractivity contribution is 7.21. The highest BCUT2D eigenvalue weighted by atomic mass is 35.5. The summed E-state index contributed by atoms with van der Waals surface area (Å²) in [4.78, 5) is 13.9. The standard InChI is InChI=1S/C13H14Cl3N5S/c1-20-2-4-21(5-3-20)13-18-6-7(12(17)19-13)10-8(14)9(15)11(16)22-10/h6H,2-5H2,1H3,(H2,17,18,19). The smallest absolute Gasteiger partial charge is 0.227 e. The molecule has 3 rings (SSSR count). The molecule has 2 N–H and O–H groups in total. The molecule has 5 nitrogen and oxygen atoms in total. The average molecular weight is 379 g/mol. The van der Waals surface area contributed by atoms with E-state index < -0.39 is 0 Å². The Hall–Kier alpha value is -0.790. The predicted octanol–water partition coefficient (Wildman–Crippen LogP) is 3.50. The number of aromatic nitrogens is 2. The summed E-state index contributed by atoms with van der Waals surface area (Å²) in [5, 5.41) is 0.727. The number of halogens is 3. The molecule has 2 aromatic rings. The van der Waals surface area contributed by atoms with E-state index in [-0.39, 0.29) is 0 Å². The summed E-state index contributed by atoms with van der Waals surface area (Å²) in [6.45, 7) is 3.72. The Labute approximate surface area is 147 Å². The lowest BCUT2D eigenvalue weighted by Gasteiger charge is -2.32. The van der Waals surface area contributed by atoms with Crippen LogP contribution in [0, 0.1) is 0 Å². The summed E-state index contributed by atoms with van der Waals surface area (Å²) in [7, 11) is 2.10. The number of piperazine rings is 1. The summed E-state index contributed by atoms with van der Waals surface area (Å²) in [5.74, 6) is 1.01. The van der Waals surface area contributed by atoms with Crippen LogP contribution < -0.4 is 10.6 Å². The fourth-order valence-electron chi connectivity index (χ4n) is 2.26. The number of hydrogen-bond acceptors (Lipinski definition) is 6. The molecular formula is C13H14Cl3N5S. The first-order valence-corrected chi connectivity index (χ1v) is 8.62. The third kappa shape index (κ3) is 2.98. The summed E-state index contributed by atoms with van der Waals surface area (Å²) < 4.78 is 0.434. The van der Waals surface area contributed by atoms with E-state index in [1.807, 2.05) is 0 Å². The van der Waals surface area contributed by atoms with Crippen molar-refractivity contribution in [1.82, 2.24) is 14.9 Å². The second-order valence-corrected chi connectivity index (χ2v) is 7.47. The van der Waals surface area contributed by atoms with Gasteiger partial charge >= 0.3 is 0 Å². The quantitative estimate of drug-likeness (QED) is 0.866. The largest absolute Gasteiger partial charge is 0.383 e. The summed E-state index contributed by atoms with van der Waals surface area (Å²) in [6.07, 6.45) is 1.68. The molecule has 1 aliphatic rings. The molecule has 0 spiro atoms. The maximum absolute atomic E-state index is 6.19. The van der Waals surface area contributed by atoms with Gasteiger partial charge in [0.2, 0.25) is 5.95 Å². The summed E-state index contributed by atoms with van der Waals surface area (Å²) in [5.41, 5.74) is 6.74. The van der Waals surface area contributed by atoms with Crippen LogP contribution in [0.5, 0.6) is 0 Å². The SMILES string of the molecule is CN1CCN(c2ncc(-c3sc(Cl)c(Cl)c3Cl)c(N)n2)CC1. The normalized spacial score (nSPS) is 16.3. The summed E-state index contributed by atoms with van der Waals surface area (Å²) in [6, 6.07) is 0. The van der Waals surface area contributed by atoms with Crippen LogP contribution in [-0.4, -0.2) is 48.1 Å². The lowest BCUT2D eigenvalue weighted by molar-refractivity contribution is 0.311. The predicted molar refractivity (Wildman–Crippen MR) is 94.5 cm³/mol. The van der Waals surface area contributed by atoms with Crippen molar-refractivity contribution in [3.8, 4) is 10.4 Å². The lowest BCUT2D eigenvalue weighted by Crippen LogP contribution is -2.45. The molecule has 1 fully saturated rings. The molecule has 0 atom stereocenters. The maximum atomic E-state index is 6.19. The van der Waals surface area contributed by atoms with Gasteiger partial charge < -0.3 is 15.5 Å². The average Bonchev–Trinajstić information content (AvgIpc) is 2.75. The molecule has 0 amide bonds. The van der Waals surface area contributed by atoms with Crippen molar-refractivity contribution in [3.05, 3.63) is 20.6 Å². The van der Waals surface area contributed by atoms with E-state index in [4.69, 9.17) is 40.5 Å². The molecule has 0 radical (unpaired) electrons. The van der Waals surface area contributed by atoms with E-state index in [9.17, 15) is 0 Å². The fourth-order valence-corrected chi connectivity index (χ4v) is 4.10. The molecule has 22 heavy (non-hydrogen) atoms. The Bertz CT molecular complexity index is 697. The molecule has 0 saturated carbocycles. The minimum atomic E-state index is 0.339. The van der Waals surface area contributed by atoms with Gasteiger partial charge in [0.25, 0.3) is 0 Å². The van der Waals surface area contributed by atoms with Gasteiger partial charge in [-0.15, -0.1) is 11.3 Å². The van der Waals surface area contributed by atoms with E-state index >= 15 is 0 Å². The first-order chi connectivity index (χ1) is 10.5. The topological polar surface area (TPSA) is 58.3 Å². The highest BCUT2D eigenvalue weighted by Gasteiger charge is 2.21. The second kappa shape index (κ2) is 6.37. The van der Waals surface area contributed by atoms with Gasteiger partial charge in [-0.05, 0) is 7.05 Å². The van der Waals surface area contributed by atoms with E-state index in [0.717, 1.165) is 26.2 Å². The zero-order chi connectivity index (χ0) is 15.9. The minimum absolute atomic E-state index is 0.339. The highest BCUT2D eigenvalue weighted by Crippen LogP contribution is 2.46. The van der Waals surface area contributed by atoms with Gasteiger partial charge in [-0.3, -0.25) is 0 Å². The van der Waals surface area contributed by atoms with Crippen LogP contribution in [0.2, 0.25) is 14.4 Å². The fraction of sp³-hybridized carbons (Fsp3) is 0.385. The van der Waals surface area contributed by atoms with Crippen LogP contribution in [0.4, 0.5) is 11.8 Å². The van der Waals surface area contributed by atoms with Gasteiger partial charge in [0.15, 0.2) is 0 Å². The zero-order valence-corrected chi connectivity index (χ0v) is 14.9. The number of nitrogens with two attached hydrogens (primary N) is 1. The molecule has 1 aliphatic heterocycles. The molecule has 2 aromatic heterocycles. The van der Waals surface area contributed by atoms with Gasteiger partial charge in [0, 0.05) is 32.4 Å². The van der Waals surface area contributed by atoms with E-state index in [1.54, 1.807) is 6.20 Å². The first kappa shape index (κ1) is 16.1. The monoisotopic (exact) mass is 377 g/mol. The molecule has 0 aliphatic carbocycles. The lowest BCUT2D eigenvalue weighted by atomic mass is 10.2. The number of hydrogen-bond donors (Lipinski definition) is 1. The molecule has 3 heterocycles. The van der Waals surface area contributed by atoms with Crippen LogP contribution in [0.25, 0.3) is 10.4 Å². The number of anilines is 2. The van der Waals surface area contributed by atoms with Crippen LogP contribution in [0.1, 0.15) is 0 Å². The van der Waals surface area contributed by atoms with E-state index in [0.29, 0.717) is 36.6 Å². The first-order valence-electron chi connectivity index (χ1n) is 6.67. The molecule has 9 heteroatoms. The van der Waals surface area contributed by atoms with Crippen molar-refractivity contribution in [1.29, 1.82) is 0 Å². The van der Waals surface area contributed by atoms with Crippen molar-refractivity contribution in [2.24, 2.45) is 0 Å². The van der Waals surface area contributed by atoms with Crippen LogP contribution in [0.15, 0.2) is 6.20 Å². The second-order valence-electron chi connectivity index (χ2n) is 5.09. The molecular weight excluding hydrogens is 365 g/mol. The minimum Gasteiger partial charge on any atom is -0.383 e. The third-order valence-corrected chi connectivity index (χ3v) is 6.20. The number of nitrogen functional groups attached to an aromatic ring is 1. The van der Waals surface area contributed by atoms with E-state index in [2.05, 4.69) is 26.8 Å². The summed E-state index contributed by atoms with van der Waals surface area (Å²) >= 11 is 19.5. The van der Waals surface area contributed by atoms with Gasteiger partial charge in [0.1, 0.15) is 10.2 Å². The van der Waals surface area contributed by atoms with Gasteiger partial charge in [0.05, 0.1) is 20.5 Å². The molecule has 1 saturated heterocycles. The number of rotatable bonds is 2. The Morgan fingerprint density at radius 2 is 1.82 bits per heavy atom. The van der Waals surface area contributed by atoms with Gasteiger partial charge in [-0.25, -0.2) is 4.98 Å². The Balaban J connectivity index is 1.91. The van der Waals surface area contributed by atoms with E-state index in [1.165, 1.54) is 11.3 Å². The van der Waals surface area contributed by atoms with Crippen molar-refractivity contribution >= 4 is 57.9 Å². The van der Waals surface area contributed by atoms with Crippen molar-refractivity contribution < 1.29 is 0 Å². The van der Waals surface area contributed by atoms with Crippen molar-refractivity contribution in [3.63, 3.8) is 0 Å². The Morgan fingerprint density at radius 1 is 1.14 bits per heavy atom. The van der Waals surface area contributed by atoms with Crippen molar-refractivity contribution in [2.45, 2.75) is 0 Å². The molecule has 118 valence electrons. The van der Waals surface area contributed by atoms with Gasteiger partial charge in [-0.2, -0.15) is 4.98 Å².